The lowest BCUT2D eigenvalue weighted by Crippen LogP contribution is -2.23. The Morgan fingerprint density at radius 2 is 2.00 bits per heavy atom. The molecular weight excluding hydrogens is 322 g/mol. The van der Waals surface area contributed by atoms with E-state index in [4.69, 9.17) is 4.74 Å². The maximum absolute atomic E-state index is 12.1. The topological polar surface area (TPSA) is 117 Å². The summed E-state index contributed by atoms with van der Waals surface area (Å²) in [7, 11) is -1.09. The molecule has 0 atom stereocenters. The zero-order valence-electron chi connectivity index (χ0n) is 12.4. The molecule has 3 N–H and O–H groups in total. The van der Waals surface area contributed by atoms with Crippen molar-refractivity contribution in [2.24, 2.45) is 0 Å². The van der Waals surface area contributed by atoms with Crippen molar-refractivity contribution in [3.63, 3.8) is 0 Å². The molecule has 122 valence electrons. The number of ether oxygens (including phenoxy) is 1. The first-order chi connectivity index (χ1) is 10.9. The molecule has 0 saturated heterocycles. The standard InChI is InChI=1S/C14H15N3O5S/c1-15-23(20,21)12-6-5-9(8-11(12)22-2)17-14(19)10-4-3-7-16-13(10)18/h3-8,15H,1-2H3,(H,16,18)(H,17,19). The van der Waals surface area contributed by atoms with Crippen LogP contribution in [0, 0.1) is 0 Å². The number of sulfonamides is 1. The van der Waals surface area contributed by atoms with E-state index in [0.717, 1.165) is 0 Å². The van der Waals surface area contributed by atoms with Crippen LogP contribution in [0.2, 0.25) is 0 Å². The summed E-state index contributed by atoms with van der Waals surface area (Å²) in [5, 5.41) is 2.52. The van der Waals surface area contributed by atoms with E-state index in [9.17, 15) is 18.0 Å². The van der Waals surface area contributed by atoms with E-state index in [1.165, 1.54) is 50.7 Å². The van der Waals surface area contributed by atoms with Gasteiger partial charge in [-0.3, -0.25) is 9.59 Å². The van der Waals surface area contributed by atoms with Crippen molar-refractivity contribution in [1.29, 1.82) is 0 Å². The van der Waals surface area contributed by atoms with Crippen LogP contribution in [0.25, 0.3) is 0 Å². The number of amides is 1. The van der Waals surface area contributed by atoms with E-state index in [1.54, 1.807) is 0 Å². The van der Waals surface area contributed by atoms with Gasteiger partial charge in [0.1, 0.15) is 16.2 Å². The minimum atomic E-state index is -3.69. The fourth-order valence-corrected chi connectivity index (χ4v) is 2.75. The zero-order valence-corrected chi connectivity index (χ0v) is 13.2. The number of carbonyl (C=O) groups is 1. The second-order valence-corrected chi connectivity index (χ2v) is 6.30. The van der Waals surface area contributed by atoms with Gasteiger partial charge in [-0.2, -0.15) is 0 Å². The molecule has 0 bridgehead atoms. The number of carbonyl (C=O) groups excluding carboxylic acids is 1. The van der Waals surface area contributed by atoms with Crippen LogP contribution in [0.1, 0.15) is 10.4 Å². The Balaban J connectivity index is 2.34. The summed E-state index contributed by atoms with van der Waals surface area (Å²) in [6.45, 7) is 0. The normalized spacial score (nSPS) is 11.0. The maximum atomic E-state index is 12.1. The Kier molecular flexibility index (Phi) is 4.82. The van der Waals surface area contributed by atoms with Gasteiger partial charge in [-0.1, -0.05) is 0 Å². The Morgan fingerprint density at radius 3 is 2.61 bits per heavy atom. The first-order valence-electron chi connectivity index (χ1n) is 6.49. The molecule has 0 aliphatic heterocycles. The molecule has 1 amide bonds. The van der Waals surface area contributed by atoms with Crippen LogP contribution >= 0.6 is 0 Å². The van der Waals surface area contributed by atoms with Gasteiger partial charge in [0, 0.05) is 18.0 Å². The van der Waals surface area contributed by atoms with Gasteiger partial charge >= 0.3 is 0 Å². The highest BCUT2D eigenvalue weighted by molar-refractivity contribution is 7.89. The number of hydrogen-bond donors (Lipinski definition) is 3. The van der Waals surface area contributed by atoms with Crippen LogP contribution in [0.5, 0.6) is 5.75 Å². The second-order valence-electron chi connectivity index (χ2n) is 4.44. The lowest BCUT2D eigenvalue weighted by Gasteiger charge is -2.11. The molecule has 0 unspecified atom stereocenters. The highest BCUT2D eigenvalue weighted by Gasteiger charge is 2.18. The summed E-state index contributed by atoms with van der Waals surface area (Å²) in [6, 6.07) is 6.97. The Labute approximate surface area is 132 Å². The van der Waals surface area contributed by atoms with Crippen LogP contribution in [0.3, 0.4) is 0 Å². The van der Waals surface area contributed by atoms with Crippen molar-refractivity contribution in [2.75, 3.05) is 19.5 Å². The number of H-pyrrole nitrogens is 1. The van der Waals surface area contributed by atoms with Crippen molar-refractivity contribution in [3.05, 3.63) is 52.4 Å². The number of benzene rings is 1. The first kappa shape index (κ1) is 16.7. The average Bonchev–Trinajstić information content (AvgIpc) is 2.54. The van der Waals surface area contributed by atoms with Gasteiger partial charge in [-0.05, 0) is 31.3 Å². The third-order valence-corrected chi connectivity index (χ3v) is 4.50. The lowest BCUT2D eigenvalue weighted by atomic mass is 10.2. The van der Waals surface area contributed by atoms with Crippen LogP contribution in [-0.2, 0) is 10.0 Å². The van der Waals surface area contributed by atoms with E-state index in [2.05, 4.69) is 15.0 Å². The number of anilines is 1. The molecule has 0 fully saturated rings. The minimum absolute atomic E-state index is 0.0570. The fourth-order valence-electron chi connectivity index (χ4n) is 1.88. The minimum Gasteiger partial charge on any atom is -0.495 e. The van der Waals surface area contributed by atoms with Crippen molar-refractivity contribution >= 4 is 21.6 Å². The highest BCUT2D eigenvalue weighted by atomic mass is 32.2. The summed E-state index contributed by atoms with van der Waals surface area (Å²) in [5.74, 6) is -0.544. The Hall–Kier alpha value is -2.65. The van der Waals surface area contributed by atoms with Crippen LogP contribution in [0.15, 0.2) is 46.2 Å². The van der Waals surface area contributed by atoms with Gasteiger partial charge in [0.25, 0.3) is 11.5 Å². The predicted molar refractivity (Wildman–Crippen MR) is 84.3 cm³/mol. The number of methoxy groups -OCH3 is 1. The number of pyridine rings is 1. The van der Waals surface area contributed by atoms with Crippen molar-refractivity contribution in [1.82, 2.24) is 9.71 Å². The molecule has 0 aliphatic carbocycles. The molecule has 0 radical (unpaired) electrons. The Morgan fingerprint density at radius 1 is 1.26 bits per heavy atom. The number of hydrogen-bond acceptors (Lipinski definition) is 5. The fraction of sp³-hybridized carbons (Fsp3) is 0.143. The molecule has 2 aromatic rings. The summed E-state index contributed by atoms with van der Waals surface area (Å²) in [4.78, 5) is 26.0. The van der Waals surface area contributed by atoms with Gasteiger partial charge in [-0.25, -0.2) is 13.1 Å². The van der Waals surface area contributed by atoms with Crippen molar-refractivity contribution in [2.45, 2.75) is 4.90 Å². The summed E-state index contributed by atoms with van der Waals surface area (Å²) in [5.41, 5.74) is -0.283. The van der Waals surface area contributed by atoms with E-state index in [0.29, 0.717) is 5.69 Å². The number of nitrogens with one attached hydrogen (secondary N) is 3. The zero-order chi connectivity index (χ0) is 17.0. The number of rotatable bonds is 5. The molecule has 9 heteroatoms. The highest BCUT2D eigenvalue weighted by Crippen LogP contribution is 2.27. The largest absolute Gasteiger partial charge is 0.495 e. The van der Waals surface area contributed by atoms with Gasteiger partial charge in [-0.15, -0.1) is 0 Å². The van der Waals surface area contributed by atoms with Crippen LogP contribution in [-0.4, -0.2) is 33.5 Å². The third-order valence-electron chi connectivity index (χ3n) is 3.04. The maximum Gasteiger partial charge on any atom is 0.261 e. The van der Waals surface area contributed by atoms with Crippen molar-refractivity contribution < 1.29 is 17.9 Å². The van der Waals surface area contributed by atoms with E-state index < -0.39 is 21.5 Å². The molecule has 1 aromatic heterocycles. The van der Waals surface area contributed by atoms with Gasteiger partial charge in [0.05, 0.1) is 7.11 Å². The monoisotopic (exact) mass is 337 g/mol. The molecule has 2 rings (SSSR count). The molecule has 1 heterocycles. The smallest absolute Gasteiger partial charge is 0.261 e. The molecule has 0 spiro atoms. The molecule has 8 nitrogen and oxygen atoms in total. The predicted octanol–water partition coefficient (Wildman–Crippen LogP) is 0.544. The van der Waals surface area contributed by atoms with Gasteiger partial charge in [0.15, 0.2) is 0 Å². The van der Waals surface area contributed by atoms with Crippen LogP contribution in [0.4, 0.5) is 5.69 Å². The number of aromatic amines is 1. The average molecular weight is 337 g/mol. The SMILES string of the molecule is CNS(=O)(=O)c1ccc(NC(=O)c2ccc[nH]c2=O)cc1OC. The second kappa shape index (κ2) is 6.63. The van der Waals surface area contributed by atoms with Crippen LogP contribution < -0.4 is 20.3 Å². The summed E-state index contributed by atoms with van der Waals surface area (Å²) < 4.78 is 30.9. The van der Waals surface area contributed by atoms with E-state index in [1.807, 2.05) is 0 Å². The molecule has 0 saturated carbocycles. The van der Waals surface area contributed by atoms with E-state index in [-0.39, 0.29) is 16.2 Å². The molecule has 0 aliphatic rings. The number of aromatic nitrogens is 1. The lowest BCUT2D eigenvalue weighted by molar-refractivity contribution is 0.102. The van der Waals surface area contributed by atoms with Crippen molar-refractivity contribution in [3.8, 4) is 5.75 Å². The first-order valence-corrected chi connectivity index (χ1v) is 7.98. The summed E-state index contributed by atoms with van der Waals surface area (Å²) in [6.07, 6.45) is 1.42. The molecule has 1 aromatic carbocycles. The third kappa shape index (κ3) is 3.58. The van der Waals surface area contributed by atoms with E-state index >= 15 is 0 Å². The molecular formula is C14H15N3O5S. The quantitative estimate of drug-likeness (QED) is 0.736. The Bertz CT molecular complexity index is 889. The van der Waals surface area contributed by atoms with Gasteiger partial charge in [0.2, 0.25) is 10.0 Å². The summed E-state index contributed by atoms with van der Waals surface area (Å²) >= 11 is 0. The van der Waals surface area contributed by atoms with Gasteiger partial charge < -0.3 is 15.0 Å². The molecule has 23 heavy (non-hydrogen) atoms.